The normalized spacial score (nSPS) is 10.3. The number of amides is 2. The van der Waals surface area contributed by atoms with Gasteiger partial charge in [-0.25, -0.2) is 0 Å². The fourth-order valence-corrected chi connectivity index (χ4v) is 2.53. The maximum Gasteiger partial charge on any atom is 0.251 e. The molecule has 0 radical (unpaired) electrons. The quantitative estimate of drug-likeness (QED) is 0.785. The summed E-state index contributed by atoms with van der Waals surface area (Å²) < 4.78 is 1.87. The Balaban J connectivity index is 1.88. The summed E-state index contributed by atoms with van der Waals surface area (Å²) in [6, 6.07) is 6.72. The number of anilines is 1. The van der Waals surface area contributed by atoms with Crippen LogP contribution in [-0.2, 0) is 11.3 Å². The van der Waals surface area contributed by atoms with Gasteiger partial charge in [-0.3, -0.25) is 9.59 Å². The van der Waals surface area contributed by atoms with Gasteiger partial charge < -0.3 is 15.2 Å². The minimum absolute atomic E-state index is 0.136. The first kappa shape index (κ1) is 16.0. The molecule has 0 aliphatic heterocycles. The first-order chi connectivity index (χ1) is 10.6. The summed E-state index contributed by atoms with van der Waals surface area (Å²) in [6.07, 6.45) is 1.64. The SMILES string of the molecule is CCn1cnnc1SCC(=O)Nc1ccc(C(=O)NC)cc1. The maximum atomic E-state index is 11.9. The Bertz CT molecular complexity index is 654. The third-order valence-electron chi connectivity index (χ3n) is 2.91. The second-order valence-electron chi connectivity index (χ2n) is 4.39. The fourth-order valence-electron chi connectivity index (χ4n) is 1.75. The van der Waals surface area contributed by atoms with Crippen molar-refractivity contribution in [1.82, 2.24) is 20.1 Å². The van der Waals surface area contributed by atoms with E-state index >= 15 is 0 Å². The van der Waals surface area contributed by atoms with Gasteiger partial charge in [0.15, 0.2) is 5.16 Å². The lowest BCUT2D eigenvalue weighted by Crippen LogP contribution is -2.18. The summed E-state index contributed by atoms with van der Waals surface area (Å²) in [6.45, 7) is 2.75. The van der Waals surface area contributed by atoms with Crippen molar-refractivity contribution in [2.24, 2.45) is 0 Å². The van der Waals surface area contributed by atoms with E-state index < -0.39 is 0 Å². The summed E-state index contributed by atoms with van der Waals surface area (Å²) in [5.74, 6) is -0.0497. The van der Waals surface area contributed by atoms with Crippen molar-refractivity contribution in [2.45, 2.75) is 18.6 Å². The third-order valence-corrected chi connectivity index (χ3v) is 3.89. The van der Waals surface area contributed by atoms with Gasteiger partial charge in [-0.05, 0) is 31.2 Å². The summed E-state index contributed by atoms with van der Waals surface area (Å²) in [5.41, 5.74) is 1.20. The highest BCUT2D eigenvalue weighted by Gasteiger charge is 2.09. The lowest BCUT2D eigenvalue weighted by Gasteiger charge is -2.06. The Kier molecular flexibility index (Phi) is 5.54. The molecule has 0 atom stereocenters. The molecule has 22 heavy (non-hydrogen) atoms. The van der Waals surface area contributed by atoms with E-state index in [-0.39, 0.29) is 17.6 Å². The van der Waals surface area contributed by atoms with Gasteiger partial charge in [0.2, 0.25) is 5.91 Å². The highest BCUT2D eigenvalue weighted by atomic mass is 32.2. The van der Waals surface area contributed by atoms with E-state index in [4.69, 9.17) is 0 Å². The van der Waals surface area contributed by atoms with Gasteiger partial charge in [-0.1, -0.05) is 11.8 Å². The van der Waals surface area contributed by atoms with Crippen LogP contribution in [0.15, 0.2) is 35.7 Å². The zero-order chi connectivity index (χ0) is 15.9. The first-order valence-corrected chi connectivity index (χ1v) is 7.75. The maximum absolute atomic E-state index is 11.9. The Labute approximate surface area is 132 Å². The molecule has 2 amide bonds. The first-order valence-electron chi connectivity index (χ1n) is 6.76. The second kappa shape index (κ2) is 7.60. The zero-order valence-corrected chi connectivity index (χ0v) is 13.2. The molecule has 0 fully saturated rings. The second-order valence-corrected chi connectivity index (χ2v) is 5.34. The summed E-state index contributed by atoms with van der Waals surface area (Å²) in [5, 5.41) is 13.8. The van der Waals surface area contributed by atoms with Crippen molar-refractivity contribution >= 4 is 29.3 Å². The number of aromatic nitrogens is 3. The van der Waals surface area contributed by atoms with Crippen LogP contribution in [-0.4, -0.2) is 39.4 Å². The molecule has 1 heterocycles. The average Bonchev–Trinajstić information content (AvgIpc) is 3.00. The molecule has 0 saturated heterocycles. The minimum atomic E-state index is -0.160. The number of carbonyl (C=O) groups excluding carboxylic acids is 2. The molecule has 0 bridgehead atoms. The molecule has 7 nitrogen and oxygen atoms in total. The van der Waals surface area contributed by atoms with Crippen LogP contribution in [0.1, 0.15) is 17.3 Å². The molecular weight excluding hydrogens is 302 g/mol. The van der Waals surface area contributed by atoms with Crippen LogP contribution >= 0.6 is 11.8 Å². The Hall–Kier alpha value is -2.35. The molecule has 2 aromatic rings. The Morgan fingerprint density at radius 3 is 2.64 bits per heavy atom. The van der Waals surface area contributed by atoms with Gasteiger partial charge in [0, 0.05) is 24.8 Å². The number of hydrogen-bond acceptors (Lipinski definition) is 5. The van der Waals surface area contributed by atoms with Gasteiger partial charge in [-0.15, -0.1) is 10.2 Å². The van der Waals surface area contributed by atoms with Crippen LogP contribution in [0.25, 0.3) is 0 Å². The summed E-state index contributed by atoms with van der Waals surface area (Å²) >= 11 is 1.33. The minimum Gasteiger partial charge on any atom is -0.355 e. The number of thioether (sulfide) groups is 1. The standard InChI is InChI=1S/C14H17N5O2S/c1-3-19-9-16-18-14(19)22-8-12(20)17-11-6-4-10(5-7-11)13(21)15-2/h4-7,9H,3,8H2,1-2H3,(H,15,21)(H,17,20). The number of benzene rings is 1. The van der Waals surface area contributed by atoms with Crippen LogP contribution in [0.3, 0.4) is 0 Å². The molecular formula is C14H17N5O2S. The predicted molar refractivity (Wildman–Crippen MR) is 84.9 cm³/mol. The molecule has 116 valence electrons. The Morgan fingerprint density at radius 2 is 2.00 bits per heavy atom. The summed E-state index contributed by atoms with van der Waals surface area (Å²) in [4.78, 5) is 23.3. The molecule has 0 saturated carbocycles. The van der Waals surface area contributed by atoms with E-state index in [2.05, 4.69) is 20.8 Å². The number of nitrogens with zero attached hydrogens (tertiary/aromatic N) is 3. The molecule has 0 spiro atoms. The van der Waals surface area contributed by atoms with Crippen LogP contribution in [0, 0.1) is 0 Å². The van der Waals surface area contributed by atoms with Crippen molar-refractivity contribution in [1.29, 1.82) is 0 Å². The largest absolute Gasteiger partial charge is 0.355 e. The van der Waals surface area contributed by atoms with Crippen molar-refractivity contribution in [3.05, 3.63) is 36.2 Å². The smallest absolute Gasteiger partial charge is 0.251 e. The molecule has 1 aromatic heterocycles. The number of hydrogen-bond donors (Lipinski definition) is 2. The lowest BCUT2D eigenvalue weighted by atomic mass is 10.2. The molecule has 0 aliphatic rings. The highest BCUT2D eigenvalue weighted by Crippen LogP contribution is 2.15. The molecule has 1 aromatic carbocycles. The molecule has 0 aliphatic carbocycles. The fraction of sp³-hybridized carbons (Fsp3) is 0.286. The van der Waals surface area contributed by atoms with E-state index in [1.165, 1.54) is 11.8 Å². The average molecular weight is 319 g/mol. The van der Waals surface area contributed by atoms with Crippen molar-refractivity contribution in [3.8, 4) is 0 Å². The van der Waals surface area contributed by atoms with E-state index in [1.807, 2.05) is 11.5 Å². The van der Waals surface area contributed by atoms with Gasteiger partial charge in [0.05, 0.1) is 5.75 Å². The molecule has 0 unspecified atom stereocenters. The van der Waals surface area contributed by atoms with Gasteiger partial charge >= 0.3 is 0 Å². The Morgan fingerprint density at radius 1 is 1.27 bits per heavy atom. The molecule has 2 rings (SSSR count). The van der Waals surface area contributed by atoms with E-state index in [0.29, 0.717) is 16.4 Å². The number of carbonyl (C=O) groups is 2. The highest BCUT2D eigenvalue weighted by molar-refractivity contribution is 7.99. The lowest BCUT2D eigenvalue weighted by molar-refractivity contribution is -0.113. The van der Waals surface area contributed by atoms with Crippen LogP contribution in [0.2, 0.25) is 0 Å². The van der Waals surface area contributed by atoms with E-state index in [9.17, 15) is 9.59 Å². The number of nitrogens with one attached hydrogen (secondary N) is 2. The van der Waals surface area contributed by atoms with Crippen molar-refractivity contribution < 1.29 is 9.59 Å². The number of rotatable bonds is 6. The molecule has 8 heteroatoms. The third kappa shape index (κ3) is 4.08. The van der Waals surface area contributed by atoms with E-state index in [1.54, 1.807) is 37.6 Å². The van der Waals surface area contributed by atoms with Crippen LogP contribution in [0.5, 0.6) is 0 Å². The van der Waals surface area contributed by atoms with Crippen LogP contribution in [0.4, 0.5) is 5.69 Å². The monoisotopic (exact) mass is 319 g/mol. The molecule has 2 N–H and O–H groups in total. The number of aryl methyl sites for hydroxylation is 1. The predicted octanol–water partition coefficient (Wildman–Crippen LogP) is 1.39. The van der Waals surface area contributed by atoms with E-state index in [0.717, 1.165) is 6.54 Å². The van der Waals surface area contributed by atoms with Crippen molar-refractivity contribution in [2.75, 3.05) is 18.1 Å². The summed E-state index contributed by atoms with van der Waals surface area (Å²) in [7, 11) is 1.57. The van der Waals surface area contributed by atoms with Crippen LogP contribution < -0.4 is 10.6 Å². The van der Waals surface area contributed by atoms with Gasteiger partial charge in [-0.2, -0.15) is 0 Å². The van der Waals surface area contributed by atoms with Gasteiger partial charge in [0.1, 0.15) is 6.33 Å². The topological polar surface area (TPSA) is 88.9 Å². The van der Waals surface area contributed by atoms with Crippen molar-refractivity contribution in [3.63, 3.8) is 0 Å². The zero-order valence-electron chi connectivity index (χ0n) is 12.4. The van der Waals surface area contributed by atoms with Gasteiger partial charge in [0.25, 0.3) is 5.91 Å².